The van der Waals surface area contributed by atoms with Gasteiger partial charge in [0.25, 0.3) is 0 Å². The number of alkyl carbamates (subject to hydrolysis) is 1. The smallest absolute Gasteiger partial charge is 0.408 e. The van der Waals surface area contributed by atoms with Gasteiger partial charge in [-0.25, -0.2) is 4.79 Å². The summed E-state index contributed by atoms with van der Waals surface area (Å²) in [6.45, 7) is 8.92. The van der Waals surface area contributed by atoms with Crippen molar-refractivity contribution in [3.8, 4) is 0 Å². The molecule has 0 unspecified atom stereocenters. The van der Waals surface area contributed by atoms with Gasteiger partial charge in [0.15, 0.2) is 5.78 Å². The number of aromatic nitrogens is 1. The van der Waals surface area contributed by atoms with E-state index in [0.717, 1.165) is 16.5 Å². The van der Waals surface area contributed by atoms with E-state index in [-0.39, 0.29) is 18.1 Å². The highest BCUT2D eigenvalue weighted by atomic mass is 16.6. The average Bonchev–Trinajstić information content (AvgIpc) is 3.06. The normalized spacial score (nSPS) is 13.6. The molecule has 0 saturated heterocycles. The lowest BCUT2D eigenvalue weighted by molar-refractivity contribution is -0.129. The lowest BCUT2D eigenvalue weighted by atomic mass is 10.00. The molecule has 0 bridgehead atoms. The first-order valence-corrected chi connectivity index (χ1v) is 9.41. The number of H-pyrrole nitrogens is 1. The first kappa shape index (κ1) is 21.5. The van der Waals surface area contributed by atoms with E-state index in [1.807, 2.05) is 30.5 Å². The zero-order valence-corrected chi connectivity index (χ0v) is 17.1. The minimum absolute atomic E-state index is 0.0388. The summed E-state index contributed by atoms with van der Waals surface area (Å²) in [6, 6.07) is 7.10. The van der Waals surface area contributed by atoms with E-state index >= 15 is 0 Å². The highest BCUT2D eigenvalue weighted by Crippen LogP contribution is 2.17. The van der Waals surface area contributed by atoms with E-state index in [9.17, 15) is 14.4 Å². The maximum atomic E-state index is 12.4. The topological polar surface area (TPSA) is 100 Å². The summed E-state index contributed by atoms with van der Waals surface area (Å²) >= 11 is 0. The van der Waals surface area contributed by atoms with Crippen molar-refractivity contribution < 1.29 is 19.1 Å². The summed E-state index contributed by atoms with van der Waals surface area (Å²) in [5.41, 5.74) is 1.38. The summed E-state index contributed by atoms with van der Waals surface area (Å²) in [6.07, 6.45) is 1.25. The predicted octanol–water partition coefficient (Wildman–Crippen LogP) is 3.29. The summed E-state index contributed by atoms with van der Waals surface area (Å²) in [7, 11) is 0. The third-order valence-corrected chi connectivity index (χ3v) is 4.31. The van der Waals surface area contributed by atoms with E-state index in [1.54, 1.807) is 34.6 Å². The molecule has 0 aliphatic rings. The van der Waals surface area contributed by atoms with Crippen LogP contribution in [0.2, 0.25) is 0 Å². The van der Waals surface area contributed by atoms with Crippen molar-refractivity contribution in [2.75, 3.05) is 0 Å². The molecule has 152 valence electrons. The number of fused-ring (bicyclic) bond motifs is 1. The van der Waals surface area contributed by atoms with Crippen LogP contribution in [0, 0.1) is 5.92 Å². The summed E-state index contributed by atoms with van der Waals surface area (Å²) in [5.74, 6) is -0.924. The molecule has 7 nitrogen and oxygen atoms in total. The first-order chi connectivity index (χ1) is 13.1. The quantitative estimate of drug-likeness (QED) is 0.679. The molecule has 3 N–H and O–H groups in total. The number of nitrogens with one attached hydrogen (secondary N) is 3. The number of aromatic amines is 1. The monoisotopic (exact) mass is 387 g/mol. The lowest BCUT2D eigenvalue weighted by Crippen LogP contribution is -2.42. The van der Waals surface area contributed by atoms with Crippen molar-refractivity contribution in [2.24, 2.45) is 5.92 Å². The van der Waals surface area contributed by atoms with Crippen molar-refractivity contribution in [3.63, 3.8) is 0 Å². The van der Waals surface area contributed by atoms with Crippen LogP contribution in [0.1, 0.15) is 46.6 Å². The van der Waals surface area contributed by atoms with Crippen LogP contribution >= 0.6 is 0 Å². The van der Waals surface area contributed by atoms with Gasteiger partial charge >= 0.3 is 6.09 Å². The number of ether oxygens (including phenoxy) is 1. The zero-order valence-electron chi connectivity index (χ0n) is 17.1. The highest BCUT2D eigenvalue weighted by Gasteiger charge is 2.24. The minimum Gasteiger partial charge on any atom is -0.444 e. The Bertz CT molecular complexity index is 851. The van der Waals surface area contributed by atoms with E-state index in [0.29, 0.717) is 6.54 Å². The van der Waals surface area contributed by atoms with Crippen LogP contribution in [0.5, 0.6) is 0 Å². The van der Waals surface area contributed by atoms with Crippen LogP contribution in [-0.4, -0.2) is 34.4 Å². The third-order valence-electron chi connectivity index (χ3n) is 4.31. The van der Waals surface area contributed by atoms with Gasteiger partial charge in [0.1, 0.15) is 5.60 Å². The molecule has 28 heavy (non-hydrogen) atoms. The maximum Gasteiger partial charge on any atom is 0.408 e. The number of Topliss-reactive ketones (excluding diaryl/α,β-unsaturated/α-hetero) is 1. The first-order valence-electron chi connectivity index (χ1n) is 9.41. The standard InChI is InChI=1S/C21H29N3O4/c1-13(11-18(25)14(2)24-20(27)28-21(3,4)5)19(26)23-12-15-7-6-8-17-16(15)9-10-22-17/h6-10,13-14,22H,11-12H2,1-5H3,(H,23,26)(H,24,27)/t13-,14+/m1/s1. The molecular formula is C21H29N3O4. The molecule has 2 rings (SSSR count). The second-order valence-corrected chi connectivity index (χ2v) is 8.01. The lowest BCUT2D eigenvalue weighted by Gasteiger charge is -2.22. The van der Waals surface area contributed by atoms with Gasteiger partial charge in [-0.15, -0.1) is 0 Å². The van der Waals surface area contributed by atoms with Crippen LogP contribution in [0.4, 0.5) is 4.79 Å². The SMILES string of the molecule is C[C@H](CC(=O)[C@H](C)NC(=O)OC(C)(C)C)C(=O)NCc1cccc2[nH]ccc12. The van der Waals surface area contributed by atoms with Gasteiger partial charge in [-0.3, -0.25) is 9.59 Å². The van der Waals surface area contributed by atoms with Crippen molar-refractivity contribution in [1.29, 1.82) is 0 Å². The van der Waals surface area contributed by atoms with Gasteiger partial charge in [0.05, 0.1) is 6.04 Å². The number of benzene rings is 1. The molecule has 1 heterocycles. The Balaban J connectivity index is 1.83. The highest BCUT2D eigenvalue weighted by molar-refractivity contribution is 5.91. The van der Waals surface area contributed by atoms with Crippen molar-refractivity contribution >= 4 is 28.7 Å². The number of hydrogen-bond acceptors (Lipinski definition) is 4. The van der Waals surface area contributed by atoms with Gasteiger partial charge in [0, 0.05) is 36.0 Å². The second kappa shape index (κ2) is 8.91. The largest absolute Gasteiger partial charge is 0.444 e. The molecule has 0 saturated carbocycles. The fourth-order valence-electron chi connectivity index (χ4n) is 2.80. The predicted molar refractivity (Wildman–Crippen MR) is 108 cm³/mol. The van der Waals surface area contributed by atoms with Gasteiger partial charge in [-0.05, 0) is 45.4 Å². The number of amides is 2. The van der Waals surface area contributed by atoms with Crippen molar-refractivity contribution in [3.05, 3.63) is 36.0 Å². The van der Waals surface area contributed by atoms with E-state index < -0.39 is 23.7 Å². The molecule has 0 radical (unpaired) electrons. The van der Waals surface area contributed by atoms with E-state index in [2.05, 4.69) is 15.6 Å². The Kier molecular flexibility index (Phi) is 6.83. The van der Waals surface area contributed by atoms with Crippen LogP contribution in [0.15, 0.2) is 30.5 Å². The molecule has 7 heteroatoms. The Morgan fingerprint density at radius 2 is 1.86 bits per heavy atom. The van der Waals surface area contributed by atoms with Gasteiger partial charge in [-0.2, -0.15) is 0 Å². The van der Waals surface area contributed by atoms with Gasteiger partial charge in [0.2, 0.25) is 5.91 Å². The summed E-state index contributed by atoms with van der Waals surface area (Å²) in [5, 5.41) is 6.45. The fraction of sp³-hybridized carbons (Fsp3) is 0.476. The molecule has 0 spiro atoms. The number of carbonyl (C=O) groups excluding carboxylic acids is 3. The molecule has 0 fully saturated rings. The fourth-order valence-corrected chi connectivity index (χ4v) is 2.80. The number of ketones is 1. The molecule has 0 aliphatic carbocycles. The second-order valence-electron chi connectivity index (χ2n) is 8.01. The third kappa shape index (κ3) is 6.11. The van der Waals surface area contributed by atoms with Crippen LogP contribution in [0.25, 0.3) is 10.9 Å². The Morgan fingerprint density at radius 1 is 1.14 bits per heavy atom. The minimum atomic E-state index is -0.723. The Labute approximate surface area is 165 Å². The zero-order chi connectivity index (χ0) is 20.9. The molecule has 0 aliphatic heterocycles. The van der Waals surface area contributed by atoms with Crippen molar-refractivity contribution in [2.45, 2.75) is 59.2 Å². The van der Waals surface area contributed by atoms with E-state index in [4.69, 9.17) is 4.74 Å². The summed E-state index contributed by atoms with van der Waals surface area (Å²) < 4.78 is 5.14. The molecular weight excluding hydrogens is 358 g/mol. The average molecular weight is 387 g/mol. The Morgan fingerprint density at radius 3 is 2.54 bits per heavy atom. The van der Waals surface area contributed by atoms with Gasteiger partial charge < -0.3 is 20.4 Å². The maximum absolute atomic E-state index is 12.4. The molecule has 1 aromatic heterocycles. The number of rotatable bonds is 7. The van der Waals surface area contributed by atoms with Crippen molar-refractivity contribution in [1.82, 2.24) is 15.6 Å². The number of carbonyl (C=O) groups is 3. The van der Waals surface area contributed by atoms with Crippen LogP contribution in [-0.2, 0) is 20.9 Å². The van der Waals surface area contributed by atoms with E-state index in [1.165, 1.54) is 0 Å². The molecule has 1 aromatic carbocycles. The van der Waals surface area contributed by atoms with Crippen LogP contribution < -0.4 is 10.6 Å². The molecule has 2 amide bonds. The summed E-state index contributed by atoms with van der Waals surface area (Å²) in [4.78, 5) is 39.6. The van der Waals surface area contributed by atoms with Gasteiger partial charge in [-0.1, -0.05) is 19.1 Å². The Hall–Kier alpha value is -2.83. The molecule has 2 atom stereocenters. The number of hydrogen-bond donors (Lipinski definition) is 3. The molecule has 2 aromatic rings. The van der Waals surface area contributed by atoms with Crippen LogP contribution in [0.3, 0.4) is 0 Å².